The molecule has 2 aromatic carbocycles. The molecule has 0 bridgehead atoms. The molecule has 2 rings (SSSR count). The summed E-state index contributed by atoms with van der Waals surface area (Å²) in [7, 11) is 1.88. The van der Waals surface area contributed by atoms with Crippen LogP contribution in [0.15, 0.2) is 39.3 Å². The maximum atomic E-state index is 13.5. The van der Waals surface area contributed by atoms with Gasteiger partial charge in [0, 0.05) is 12.6 Å². The highest BCUT2D eigenvalue weighted by molar-refractivity contribution is 9.11. The molecule has 0 amide bonds. The van der Waals surface area contributed by atoms with Crippen LogP contribution in [0.5, 0.6) is 11.5 Å². The summed E-state index contributed by atoms with van der Waals surface area (Å²) >= 11 is 12.4. The van der Waals surface area contributed by atoms with Crippen molar-refractivity contribution in [2.24, 2.45) is 0 Å². The van der Waals surface area contributed by atoms with E-state index in [2.05, 4.69) is 37.2 Å². The molecule has 0 unspecified atom stereocenters. The van der Waals surface area contributed by atoms with Crippen molar-refractivity contribution in [3.63, 3.8) is 0 Å². The van der Waals surface area contributed by atoms with Gasteiger partial charge in [0.25, 0.3) is 0 Å². The van der Waals surface area contributed by atoms with Crippen LogP contribution in [0.2, 0.25) is 5.02 Å². The predicted molar refractivity (Wildman–Crippen MR) is 86.1 cm³/mol. The molecule has 0 heterocycles. The Hall–Kier alpha value is -0.620. The van der Waals surface area contributed by atoms with Crippen molar-refractivity contribution in [2.75, 3.05) is 7.05 Å². The van der Waals surface area contributed by atoms with Gasteiger partial charge in [0.15, 0.2) is 0 Å². The van der Waals surface area contributed by atoms with Crippen molar-refractivity contribution < 1.29 is 9.13 Å². The Morgan fingerprint density at radius 1 is 1.15 bits per heavy atom. The lowest BCUT2D eigenvalue weighted by Gasteiger charge is -2.11. The number of hydrogen-bond donors (Lipinski definition) is 1. The van der Waals surface area contributed by atoms with E-state index < -0.39 is 5.82 Å². The van der Waals surface area contributed by atoms with Crippen LogP contribution in [0, 0.1) is 5.82 Å². The van der Waals surface area contributed by atoms with Gasteiger partial charge in [-0.15, -0.1) is 0 Å². The third-order valence-corrected chi connectivity index (χ3v) is 4.10. The molecule has 0 radical (unpaired) electrons. The average molecular weight is 424 g/mol. The van der Waals surface area contributed by atoms with Gasteiger partial charge < -0.3 is 10.1 Å². The van der Waals surface area contributed by atoms with Gasteiger partial charge in [-0.3, -0.25) is 0 Å². The molecule has 106 valence electrons. The van der Waals surface area contributed by atoms with Crippen molar-refractivity contribution in [3.05, 3.63) is 55.7 Å². The smallest absolute Gasteiger partial charge is 0.145 e. The van der Waals surface area contributed by atoms with E-state index in [0.717, 1.165) is 16.6 Å². The second-order valence-electron chi connectivity index (χ2n) is 4.09. The van der Waals surface area contributed by atoms with Crippen LogP contribution in [0.4, 0.5) is 4.39 Å². The van der Waals surface area contributed by atoms with Crippen LogP contribution in [0.25, 0.3) is 0 Å². The summed E-state index contributed by atoms with van der Waals surface area (Å²) in [5, 5.41) is 3.12. The topological polar surface area (TPSA) is 21.3 Å². The van der Waals surface area contributed by atoms with E-state index in [1.54, 1.807) is 0 Å². The van der Waals surface area contributed by atoms with E-state index in [4.69, 9.17) is 16.3 Å². The normalized spacial score (nSPS) is 10.7. The number of hydrogen-bond acceptors (Lipinski definition) is 2. The van der Waals surface area contributed by atoms with Gasteiger partial charge in [-0.05, 0) is 62.7 Å². The molecule has 0 aliphatic rings. The number of ether oxygens (including phenoxy) is 1. The van der Waals surface area contributed by atoms with Crippen molar-refractivity contribution in [1.29, 1.82) is 0 Å². The molecular formula is C14H11Br2ClFNO. The lowest BCUT2D eigenvalue weighted by molar-refractivity contribution is 0.470. The molecule has 0 aromatic heterocycles. The fourth-order valence-corrected chi connectivity index (χ4v) is 2.87. The van der Waals surface area contributed by atoms with Crippen LogP contribution in [0.3, 0.4) is 0 Å². The van der Waals surface area contributed by atoms with Crippen LogP contribution in [0.1, 0.15) is 5.56 Å². The minimum Gasteiger partial charge on any atom is -0.455 e. The highest BCUT2D eigenvalue weighted by Crippen LogP contribution is 2.36. The zero-order chi connectivity index (χ0) is 14.7. The zero-order valence-electron chi connectivity index (χ0n) is 10.5. The molecule has 0 fully saturated rings. The predicted octanol–water partition coefficient (Wildman–Crippen LogP) is 5.52. The first-order valence-electron chi connectivity index (χ1n) is 5.76. The highest BCUT2D eigenvalue weighted by Gasteiger charge is 2.11. The molecule has 2 aromatic rings. The number of halogens is 4. The average Bonchev–Trinajstić information content (AvgIpc) is 2.39. The minimum absolute atomic E-state index is 0.0488. The maximum absolute atomic E-state index is 13.5. The standard InChI is InChI=1S/C14H11Br2ClFNO/c1-19-7-8-2-3-13(9(15)4-8)20-14-6-12(18)11(17)5-10(14)16/h2-6,19H,7H2,1H3. The molecule has 6 heteroatoms. The first-order valence-corrected chi connectivity index (χ1v) is 7.73. The van der Waals surface area contributed by atoms with Gasteiger partial charge in [0.2, 0.25) is 0 Å². The number of nitrogens with one attached hydrogen (secondary N) is 1. The van der Waals surface area contributed by atoms with Gasteiger partial charge in [0.05, 0.1) is 14.0 Å². The Morgan fingerprint density at radius 2 is 1.85 bits per heavy atom. The van der Waals surface area contributed by atoms with E-state index in [-0.39, 0.29) is 5.02 Å². The SMILES string of the molecule is CNCc1ccc(Oc2cc(F)c(Cl)cc2Br)c(Br)c1. The molecule has 20 heavy (non-hydrogen) atoms. The largest absolute Gasteiger partial charge is 0.455 e. The van der Waals surface area contributed by atoms with E-state index in [9.17, 15) is 4.39 Å². The Bertz CT molecular complexity index is 637. The fraction of sp³-hybridized carbons (Fsp3) is 0.143. The number of benzene rings is 2. The van der Waals surface area contributed by atoms with E-state index in [0.29, 0.717) is 16.0 Å². The fourth-order valence-electron chi connectivity index (χ4n) is 1.64. The first-order chi connectivity index (χ1) is 9.51. The summed E-state index contributed by atoms with van der Waals surface area (Å²) in [4.78, 5) is 0. The van der Waals surface area contributed by atoms with E-state index in [1.807, 2.05) is 25.2 Å². The summed E-state index contributed by atoms with van der Waals surface area (Å²) in [6.45, 7) is 0.762. The Kier molecular flexibility index (Phi) is 5.43. The van der Waals surface area contributed by atoms with Crippen LogP contribution in [-0.4, -0.2) is 7.05 Å². The van der Waals surface area contributed by atoms with Gasteiger partial charge >= 0.3 is 0 Å². The Morgan fingerprint density at radius 3 is 2.50 bits per heavy atom. The number of rotatable bonds is 4. The summed E-state index contributed by atoms with van der Waals surface area (Å²) in [6, 6.07) is 8.44. The molecule has 0 atom stereocenters. The van der Waals surface area contributed by atoms with Crippen LogP contribution in [-0.2, 0) is 6.54 Å². The van der Waals surface area contributed by atoms with Gasteiger partial charge in [-0.1, -0.05) is 17.7 Å². The van der Waals surface area contributed by atoms with Gasteiger partial charge in [0.1, 0.15) is 17.3 Å². The molecule has 2 nitrogen and oxygen atoms in total. The highest BCUT2D eigenvalue weighted by atomic mass is 79.9. The lowest BCUT2D eigenvalue weighted by Crippen LogP contribution is -2.04. The minimum atomic E-state index is -0.521. The summed E-state index contributed by atoms with van der Waals surface area (Å²) < 4.78 is 20.6. The van der Waals surface area contributed by atoms with Crippen LogP contribution < -0.4 is 10.1 Å². The third-order valence-electron chi connectivity index (χ3n) is 2.57. The van der Waals surface area contributed by atoms with Gasteiger partial charge in [-0.25, -0.2) is 4.39 Å². The summed E-state index contributed by atoms with van der Waals surface area (Å²) in [5.74, 6) is 0.453. The Labute approximate surface area is 138 Å². The molecule has 0 saturated carbocycles. The van der Waals surface area contributed by atoms with Gasteiger partial charge in [-0.2, -0.15) is 0 Å². The van der Waals surface area contributed by atoms with Crippen LogP contribution >= 0.6 is 43.5 Å². The third kappa shape index (κ3) is 3.73. The van der Waals surface area contributed by atoms with Crippen molar-refractivity contribution in [2.45, 2.75) is 6.54 Å². The lowest BCUT2D eigenvalue weighted by atomic mass is 10.2. The monoisotopic (exact) mass is 421 g/mol. The molecule has 0 aliphatic carbocycles. The van der Waals surface area contributed by atoms with Crippen molar-refractivity contribution in [1.82, 2.24) is 5.32 Å². The van der Waals surface area contributed by atoms with Crippen molar-refractivity contribution >= 4 is 43.5 Å². The van der Waals surface area contributed by atoms with E-state index in [1.165, 1.54) is 12.1 Å². The molecule has 0 spiro atoms. The quantitative estimate of drug-likeness (QED) is 0.654. The second kappa shape index (κ2) is 6.89. The summed E-state index contributed by atoms with van der Waals surface area (Å²) in [6.07, 6.45) is 0. The second-order valence-corrected chi connectivity index (χ2v) is 6.21. The first kappa shape index (κ1) is 15.8. The Balaban J connectivity index is 2.28. The molecule has 1 N–H and O–H groups in total. The zero-order valence-corrected chi connectivity index (χ0v) is 14.4. The molecule has 0 aliphatic heterocycles. The van der Waals surface area contributed by atoms with E-state index >= 15 is 0 Å². The maximum Gasteiger partial charge on any atom is 0.145 e. The molecule has 0 saturated heterocycles. The summed E-state index contributed by atoms with van der Waals surface area (Å²) in [5.41, 5.74) is 1.12. The van der Waals surface area contributed by atoms with Crippen molar-refractivity contribution in [3.8, 4) is 11.5 Å². The molecular weight excluding hydrogens is 412 g/mol.